The summed E-state index contributed by atoms with van der Waals surface area (Å²) in [7, 11) is 2.05. The minimum absolute atomic E-state index is 0.00701. The van der Waals surface area contributed by atoms with Crippen molar-refractivity contribution >= 4 is 28.5 Å². The Morgan fingerprint density at radius 1 is 1.06 bits per heavy atom. The van der Waals surface area contributed by atoms with Crippen molar-refractivity contribution in [3.05, 3.63) is 76.7 Å². The average molecular weight is 484 g/mol. The van der Waals surface area contributed by atoms with Crippen molar-refractivity contribution in [2.75, 3.05) is 18.0 Å². The summed E-state index contributed by atoms with van der Waals surface area (Å²) in [6.45, 7) is 1.27. The predicted octanol–water partition coefficient (Wildman–Crippen LogP) is 5.33. The van der Waals surface area contributed by atoms with E-state index in [0.29, 0.717) is 29.6 Å². The molecule has 6 nitrogen and oxygen atoms in total. The zero-order valence-electron chi connectivity index (χ0n) is 18.7. The number of para-hydroxylation sites is 2. The Labute approximate surface area is 201 Å². The van der Waals surface area contributed by atoms with Gasteiger partial charge in [-0.05, 0) is 43.0 Å². The molecule has 0 bridgehead atoms. The molecule has 4 aromatic rings. The summed E-state index contributed by atoms with van der Waals surface area (Å²) in [4.78, 5) is 14.9. The van der Waals surface area contributed by atoms with Gasteiger partial charge in [0.15, 0.2) is 11.6 Å². The Morgan fingerprint density at radius 3 is 2.62 bits per heavy atom. The molecule has 0 saturated carbocycles. The summed E-state index contributed by atoms with van der Waals surface area (Å²) in [5.41, 5.74) is 2.46. The van der Waals surface area contributed by atoms with Crippen molar-refractivity contribution < 1.29 is 13.5 Å². The maximum absolute atomic E-state index is 14.5. The van der Waals surface area contributed by atoms with Crippen LogP contribution >= 0.6 is 11.6 Å². The van der Waals surface area contributed by atoms with Crippen LogP contribution in [0.1, 0.15) is 24.2 Å². The fourth-order valence-electron chi connectivity index (χ4n) is 4.40. The third-order valence-electron chi connectivity index (χ3n) is 6.34. The van der Waals surface area contributed by atoms with E-state index in [4.69, 9.17) is 21.3 Å². The molecule has 0 amide bonds. The Kier molecular flexibility index (Phi) is 6.32. The van der Waals surface area contributed by atoms with E-state index < -0.39 is 11.6 Å². The number of halogens is 3. The summed E-state index contributed by atoms with van der Waals surface area (Å²) in [6.07, 6.45) is 3.78. The number of benzene rings is 2. The van der Waals surface area contributed by atoms with Gasteiger partial charge in [0.1, 0.15) is 18.2 Å². The monoisotopic (exact) mass is 483 g/mol. The van der Waals surface area contributed by atoms with Gasteiger partial charge in [0.25, 0.3) is 0 Å². The first-order chi connectivity index (χ1) is 16.5. The van der Waals surface area contributed by atoms with Gasteiger partial charge in [0.05, 0.1) is 17.2 Å². The molecule has 0 radical (unpaired) electrons. The van der Waals surface area contributed by atoms with Crippen LogP contribution in [0.4, 0.5) is 14.6 Å². The van der Waals surface area contributed by atoms with Crippen LogP contribution in [0.25, 0.3) is 11.0 Å². The zero-order chi connectivity index (χ0) is 23.7. The van der Waals surface area contributed by atoms with E-state index in [0.717, 1.165) is 42.3 Å². The Hall–Kier alpha value is -3.26. The largest absolute Gasteiger partial charge is 0.458 e. The van der Waals surface area contributed by atoms with Crippen LogP contribution in [0.5, 0.6) is 6.01 Å². The Balaban J connectivity index is 1.22. The second-order valence-electron chi connectivity index (χ2n) is 8.56. The van der Waals surface area contributed by atoms with Crippen LogP contribution in [-0.2, 0) is 20.1 Å². The quantitative estimate of drug-likeness (QED) is 0.371. The van der Waals surface area contributed by atoms with Crippen LogP contribution in [0.15, 0.2) is 48.7 Å². The third-order valence-corrected chi connectivity index (χ3v) is 6.58. The number of aryl methyl sites for hydroxylation is 1. The molecule has 1 aliphatic heterocycles. The van der Waals surface area contributed by atoms with E-state index in [1.54, 1.807) is 6.07 Å². The molecule has 5 rings (SSSR count). The molecule has 1 fully saturated rings. The molecule has 176 valence electrons. The third kappa shape index (κ3) is 4.68. The molecule has 0 N–H and O–H groups in total. The lowest BCUT2D eigenvalue weighted by Crippen LogP contribution is -2.35. The van der Waals surface area contributed by atoms with Gasteiger partial charge < -0.3 is 14.2 Å². The lowest BCUT2D eigenvalue weighted by atomic mass is 9.93. The minimum atomic E-state index is -0.501. The highest BCUT2D eigenvalue weighted by Gasteiger charge is 2.25. The molecule has 3 heterocycles. The second-order valence-corrected chi connectivity index (χ2v) is 9.00. The molecule has 2 aromatic carbocycles. The van der Waals surface area contributed by atoms with Gasteiger partial charge in [0.2, 0.25) is 0 Å². The number of rotatable bonds is 6. The summed E-state index contributed by atoms with van der Waals surface area (Å²) >= 11 is 5.78. The number of aromatic nitrogens is 4. The first-order valence-corrected chi connectivity index (χ1v) is 11.6. The van der Waals surface area contributed by atoms with Gasteiger partial charge in [0, 0.05) is 37.1 Å². The van der Waals surface area contributed by atoms with Crippen LogP contribution in [0.3, 0.4) is 0 Å². The topological polar surface area (TPSA) is 56.1 Å². The first-order valence-electron chi connectivity index (χ1n) is 11.2. The number of anilines is 1. The van der Waals surface area contributed by atoms with Gasteiger partial charge in [-0.2, -0.15) is 4.98 Å². The van der Waals surface area contributed by atoms with Crippen LogP contribution in [-0.4, -0.2) is 32.6 Å². The standard InChI is InChI=1S/C25H24ClF2N5O/c1-32-22-5-3-2-4-21(22)30-23(32)12-16-8-10-33(11-9-16)24-20(28)14-29-25(31-24)34-15-17-6-7-18(26)13-19(17)27/h2-7,13-14,16H,8-12,15H2,1H3. The summed E-state index contributed by atoms with van der Waals surface area (Å²) in [6, 6.07) is 12.5. The van der Waals surface area contributed by atoms with Crippen molar-refractivity contribution in [3.63, 3.8) is 0 Å². The minimum Gasteiger partial charge on any atom is -0.458 e. The Bertz CT molecular complexity index is 1320. The number of nitrogens with zero attached hydrogens (tertiary/aromatic N) is 5. The van der Waals surface area contributed by atoms with Gasteiger partial charge in [-0.15, -0.1) is 0 Å². The predicted molar refractivity (Wildman–Crippen MR) is 127 cm³/mol. The number of hydrogen-bond acceptors (Lipinski definition) is 5. The molecule has 1 aliphatic rings. The molecular formula is C25H24ClF2N5O. The van der Waals surface area contributed by atoms with E-state index in [1.165, 1.54) is 12.1 Å². The number of fused-ring (bicyclic) bond motifs is 1. The molecule has 34 heavy (non-hydrogen) atoms. The number of imidazole rings is 1. The molecular weight excluding hydrogens is 460 g/mol. The van der Waals surface area contributed by atoms with Crippen molar-refractivity contribution in [1.82, 2.24) is 19.5 Å². The maximum Gasteiger partial charge on any atom is 0.318 e. The van der Waals surface area contributed by atoms with Gasteiger partial charge in [-0.1, -0.05) is 29.8 Å². The van der Waals surface area contributed by atoms with E-state index in [1.807, 2.05) is 30.1 Å². The van der Waals surface area contributed by atoms with Crippen LogP contribution in [0, 0.1) is 17.6 Å². The summed E-state index contributed by atoms with van der Waals surface area (Å²) in [5.74, 6) is 0.761. The Morgan fingerprint density at radius 2 is 1.85 bits per heavy atom. The average Bonchev–Trinajstić information content (AvgIpc) is 3.15. The van der Waals surface area contributed by atoms with E-state index in [2.05, 4.69) is 20.6 Å². The van der Waals surface area contributed by atoms with Crippen LogP contribution in [0.2, 0.25) is 5.02 Å². The molecule has 9 heteroatoms. The molecule has 0 aliphatic carbocycles. The van der Waals surface area contributed by atoms with E-state index in [-0.39, 0.29) is 18.4 Å². The number of ether oxygens (including phenoxy) is 1. The van der Waals surface area contributed by atoms with Crippen molar-refractivity contribution in [3.8, 4) is 6.01 Å². The molecule has 2 aromatic heterocycles. The second kappa shape index (κ2) is 9.54. The first kappa shape index (κ1) is 22.5. The molecule has 0 spiro atoms. The number of piperidine rings is 1. The highest BCUT2D eigenvalue weighted by molar-refractivity contribution is 6.30. The summed E-state index contributed by atoms with van der Waals surface area (Å²) in [5, 5.41) is 0.307. The fraction of sp³-hybridized carbons (Fsp3) is 0.320. The highest BCUT2D eigenvalue weighted by Crippen LogP contribution is 2.28. The normalized spacial score (nSPS) is 14.6. The van der Waals surface area contributed by atoms with Gasteiger partial charge in [-0.3, -0.25) is 0 Å². The van der Waals surface area contributed by atoms with Crippen LogP contribution < -0.4 is 9.64 Å². The SMILES string of the molecule is Cn1c(CC2CCN(c3nc(OCc4ccc(Cl)cc4F)ncc3F)CC2)nc2ccccc21. The smallest absolute Gasteiger partial charge is 0.318 e. The number of hydrogen-bond donors (Lipinski definition) is 0. The molecule has 0 atom stereocenters. The highest BCUT2D eigenvalue weighted by atomic mass is 35.5. The molecule has 1 saturated heterocycles. The van der Waals surface area contributed by atoms with Crippen molar-refractivity contribution in [2.24, 2.45) is 13.0 Å². The summed E-state index contributed by atoms with van der Waals surface area (Å²) < 4.78 is 36.2. The van der Waals surface area contributed by atoms with Gasteiger partial charge in [-0.25, -0.2) is 18.7 Å². The molecule has 0 unspecified atom stereocenters. The van der Waals surface area contributed by atoms with E-state index >= 15 is 0 Å². The van der Waals surface area contributed by atoms with Crippen molar-refractivity contribution in [2.45, 2.75) is 25.9 Å². The fourth-order valence-corrected chi connectivity index (χ4v) is 4.56. The van der Waals surface area contributed by atoms with E-state index in [9.17, 15) is 8.78 Å². The zero-order valence-corrected chi connectivity index (χ0v) is 19.5. The van der Waals surface area contributed by atoms with Gasteiger partial charge >= 0.3 is 6.01 Å². The lowest BCUT2D eigenvalue weighted by molar-refractivity contribution is 0.273. The van der Waals surface area contributed by atoms with Crippen molar-refractivity contribution in [1.29, 1.82) is 0 Å². The lowest BCUT2D eigenvalue weighted by Gasteiger charge is -2.32. The maximum atomic E-state index is 14.5.